The molecule has 34 heavy (non-hydrogen) atoms. The van der Waals surface area contributed by atoms with E-state index in [0.717, 1.165) is 27.9 Å². The topological polar surface area (TPSA) is 58.6 Å². The summed E-state index contributed by atoms with van der Waals surface area (Å²) in [5.41, 5.74) is 6.74. The minimum atomic E-state index is -0.364. The van der Waals surface area contributed by atoms with Gasteiger partial charge in [0.1, 0.15) is 11.4 Å². The number of nitrogens with one attached hydrogen (secondary N) is 1. The second-order valence-electron chi connectivity index (χ2n) is 8.98. The summed E-state index contributed by atoms with van der Waals surface area (Å²) < 4.78 is 5.76. The Labute approximate surface area is 201 Å². The number of rotatable bonds is 6. The van der Waals surface area contributed by atoms with E-state index in [0.29, 0.717) is 22.6 Å². The molecule has 1 N–H and O–H groups in total. The SMILES string of the molecule is Cc1cccc(NC2=C(c3ccc(OC(C)C)cc3)C(=O)N(c3cccc(C)c3C)C2=O)c1C. The highest BCUT2D eigenvalue weighted by molar-refractivity contribution is 6.46. The van der Waals surface area contributed by atoms with E-state index in [4.69, 9.17) is 4.74 Å². The number of anilines is 2. The maximum absolute atomic E-state index is 13.8. The number of hydrogen-bond donors (Lipinski definition) is 1. The Morgan fingerprint density at radius 1 is 0.765 bits per heavy atom. The van der Waals surface area contributed by atoms with Crippen LogP contribution in [0.15, 0.2) is 66.4 Å². The number of carbonyl (C=O) groups excluding carboxylic acids is 2. The van der Waals surface area contributed by atoms with E-state index in [-0.39, 0.29) is 23.6 Å². The number of ether oxygens (including phenoxy) is 1. The number of imide groups is 1. The highest BCUT2D eigenvalue weighted by atomic mass is 16.5. The minimum Gasteiger partial charge on any atom is -0.491 e. The number of amides is 2. The molecule has 5 nitrogen and oxygen atoms in total. The zero-order valence-electron chi connectivity index (χ0n) is 20.5. The first kappa shape index (κ1) is 23.3. The van der Waals surface area contributed by atoms with Crippen LogP contribution >= 0.6 is 0 Å². The molecule has 3 aromatic rings. The Kier molecular flexibility index (Phi) is 6.29. The van der Waals surface area contributed by atoms with Gasteiger partial charge >= 0.3 is 0 Å². The Balaban J connectivity index is 1.84. The van der Waals surface area contributed by atoms with Crippen molar-refractivity contribution in [3.05, 3.63) is 94.2 Å². The van der Waals surface area contributed by atoms with E-state index < -0.39 is 0 Å². The lowest BCUT2D eigenvalue weighted by Crippen LogP contribution is -2.33. The molecule has 0 unspecified atom stereocenters. The molecule has 0 spiro atoms. The summed E-state index contributed by atoms with van der Waals surface area (Å²) in [6, 6.07) is 18.9. The third kappa shape index (κ3) is 4.21. The van der Waals surface area contributed by atoms with Gasteiger partial charge in [0, 0.05) is 5.69 Å². The molecule has 1 heterocycles. The fraction of sp³-hybridized carbons (Fsp3) is 0.241. The Morgan fingerprint density at radius 2 is 1.38 bits per heavy atom. The molecule has 1 aliphatic rings. The molecule has 174 valence electrons. The summed E-state index contributed by atoms with van der Waals surface area (Å²) in [5.74, 6) is 0.00712. The van der Waals surface area contributed by atoms with E-state index in [2.05, 4.69) is 5.32 Å². The molecule has 0 radical (unpaired) electrons. The molecule has 0 fully saturated rings. The van der Waals surface area contributed by atoms with Crippen LogP contribution in [-0.2, 0) is 9.59 Å². The number of carbonyl (C=O) groups is 2. The number of aryl methyl sites for hydroxylation is 2. The van der Waals surface area contributed by atoms with Crippen molar-refractivity contribution >= 4 is 28.8 Å². The second-order valence-corrected chi connectivity index (χ2v) is 8.98. The van der Waals surface area contributed by atoms with Gasteiger partial charge in [0.25, 0.3) is 11.8 Å². The molecular formula is C29H30N2O3. The molecule has 4 rings (SSSR count). The van der Waals surface area contributed by atoms with Crippen LogP contribution in [0.2, 0.25) is 0 Å². The Hall–Kier alpha value is -3.86. The van der Waals surface area contributed by atoms with Crippen LogP contribution in [0.5, 0.6) is 5.75 Å². The van der Waals surface area contributed by atoms with Gasteiger partial charge in [-0.15, -0.1) is 0 Å². The molecule has 0 saturated carbocycles. The Morgan fingerprint density at radius 3 is 2.03 bits per heavy atom. The van der Waals surface area contributed by atoms with Crippen molar-refractivity contribution in [2.24, 2.45) is 0 Å². The number of nitrogens with zero attached hydrogens (tertiary/aromatic N) is 1. The predicted octanol–water partition coefficient (Wildman–Crippen LogP) is 6.10. The molecule has 3 aromatic carbocycles. The normalized spacial score (nSPS) is 13.8. The summed E-state index contributed by atoms with van der Waals surface area (Å²) in [6.45, 7) is 11.8. The standard InChI is InChI=1S/C29H30N2O3/c1-17(2)34-23-15-13-22(14-16-23)26-27(30-24-11-7-9-18(3)20(24)5)29(33)31(28(26)32)25-12-8-10-19(4)21(25)6/h7-17,30H,1-6H3. The monoisotopic (exact) mass is 454 g/mol. The molecule has 1 aliphatic heterocycles. The fourth-order valence-corrected chi connectivity index (χ4v) is 4.10. The first-order valence-corrected chi connectivity index (χ1v) is 11.5. The van der Waals surface area contributed by atoms with Crippen molar-refractivity contribution in [3.8, 4) is 5.75 Å². The predicted molar refractivity (Wildman–Crippen MR) is 137 cm³/mol. The lowest BCUT2D eigenvalue weighted by atomic mass is 10.0. The highest BCUT2D eigenvalue weighted by Gasteiger charge is 2.41. The van der Waals surface area contributed by atoms with Crippen molar-refractivity contribution in [3.63, 3.8) is 0 Å². The van der Waals surface area contributed by atoms with Crippen LogP contribution in [0.1, 0.15) is 41.7 Å². The molecule has 5 heteroatoms. The average molecular weight is 455 g/mol. The zero-order valence-corrected chi connectivity index (χ0v) is 20.5. The molecule has 2 amide bonds. The van der Waals surface area contributed by atoms with Gasteiger partial charge in [0.15, 0.2) is 0 Å². The maximum atomic E-state index is 13.8. The van der Waals surface area contributed by atoms with Crippen LogP contribution in [0, 0.1) is 27.7 Å². The van der Waals surface area contributed by atoms with Crippen LogP contribution in [0.4, 0.5) is 11.4 Å². The van der Waals surface area contributed by atoms with Gasteiger partial charge in [-0.25, -0.2) is 4.90 Å². The quantitative estimate of drug-likeness (QED) is 0.457. The van der Waals surface area contributed by atoms with Crippen LogP contribution in [-0.4, -0.2) is 17.9 Å². The number of hydrogen-bond acceptors (Lipinski definition) is 4. The van der Waals surface area contributed by atoms with Gasteiger partial charge in [0.2, 0.25) is 0 Å². The van der Waals surface area contributed by atoms with Gasteiger partial charge < -0.3 is 10.1 Å². The summed E-state index contributed by atoms with van der Waals surface area (Å²) in [4.78, 5) is 28.8. The zero-order chi connectivity index (χ0) is 24.6. The summed E-state index contributed by atoms with van der Waals surface area (Å²) in [5, 5.41) is 3.30. The van der Waals surface area contributed by atoms with Crippen LogP contribution in [0.3, 0.4) is 0 Å². The molecule has 0 atom stereocenters. The number of benzene rings is 3. The molecular weight excluding hydrogens is 424 g/mol. The van der Waals surface area contributed by atoms with E-state index >= 15 is 0 Å². The minimum absolute atomic E-state index is 0.0427. The first-order chi connectivity index (χ1) is 16.2. The molecule has 0 aliphatic carbocycles. The highest BCUT2D eigenvalue weighted by Crippen LogP contribution is 2.36. The van der Waals surface area contributed by atoms with Crippen LogP contribution in [0.25, 0.3) is 5.57 Å². The summed E-state index contributed by atoms with van der Waals surface area (Å²) in [6.07, 6.45) is 0.0427. The van der Waals surface area contributed by atoms with E-state index in [9.17, 15) is 9.59 Å². The largest absolute Gasteiger partial charge is 0.491 e. The van der Waals surface area contributed by atoms with Gasteiger partial charge in [0.05, 0.1) is 17.4 Å². The first-order valence-electron chi connectivity index (χ1n) is 11.5. The maximum Gasteiger partial charge on any atom is 0.282 e. The lowest BCUT2D eigenvalue weighted by Gasteiger charge is -2.19. The molecule has 0 saturated heterocycles. The lowest BCUT2D eigenvalue weighted by molar-refractivity contribution is -0.120. The van der Waals surface area contributed by atoms with Crippen molar-refractivity contribution in [1.29, 1.82) is 0 Å². The van der Waals surface area contributed by atoms with Gasteiger partial charge in [-0.2, -0.15) is 0 Å². The smallest absolute Gasteiger partial charge is 0.282 e. The van der Waals surface area contributed by atoms with Gasteiger partial charge in [-0.1, -0.05) is 36.4 Å². The fourth-order valence-electron chi connectivity index (χ4n) is 4.10. The van der Waals surface area contributed by atoms with Crippen molar-refractivity contribution in [2.75, 3.05) is 10.2 Å². The second kappa shape index (κ2) is 9.18. The van der Waals surface area contributed by atoms with E-state index in [1.54, 1.807) is 0 Å². The summed E-state index contributed by atoms with van der Waals surface area (Å²) >= 11 is 0. The van der Waals surface area contributed by atoms with Crippen molar-refractivity contribution in [1.82, 2.24) is 0 Å². The van der Waals surface area contributed by atoms with Crippen molar-refractivity contribution in [2.45, 2.75) is 47.6 Å². The average Bonchev–Trinajstić information content (AvgIpc) is 3.03. The molecule has 0 aromatic heterocycles. The van der Waals surface area contributed by atoms with E-state index in [1.165, 1.54) is 4.90 Å². The van der Waals surface area contributed by atoms with Gasteiger partial charge in [-0.05, 0) is 93.6 Å². The molecule has 0 bridgehead atoms. The third-order valence-electron chi connectivity index (χ3n) is 6.28. The van der Waals surface area contributed by atoms with Crippen LogP contribution < -0.4 is 15.0 Å². The van der Waals surface area contributed by atoms with Gasteiger partial charge in [-0.3, -0.25) is 9.59 Å². The third-order valence-corrected chi connectivity index (χ3v) is 6.28. The van der Waals surface area contributed by atoms with Crippen molar-refractivity contribution < 1.29 is 14.3 Å². The Bertz CT molecular complexity index is 1300. The summed E-state index contributed by atoms with van der Waals surface area (Å²) in [7, 11) is 0. The van der Waals surface area contributed by atoms with E-state index in [1.807, 2.05) is 102 Å².